The molecule has 13 heavy (non-hydrogen) atoms. The average molecular weight is 183 g/mol. The van der Waals surface area contributed by atoms with E-state index in [0.717, 1.165) is 18.9 Å². The van der Waals surface area contributed by atoms with E-state index in [1.165, 1.54) is 12.8 Å². The van der Waals surface area contributed by atoms with Crippen LogP contribution in [0, 0.1) is 11.8 Å². The van der Waals surface area contributed by atoms with E-state index in [2.05, 4.69) is 11.9 Å². The third-order valence-electron chi connectivity index (χ3n) is 3.39. The number of likely N-dealkylation sites (tertiary alicyclic amines) is 1. The van der Waals surface area contributed by atoms with Crippen molar-refractivity contribution in [1.29, 1.82) is 0 Å². The molecule has 2 aliphatic rings. The molecular formula is C10H17NO2. The summed E-state index contributed by atoms with van der Waals surface area (Å²) in [5, 5.41) is 8.76. The second kappa shape index (κ2) is 3.29. The highest BCUT2D eigenvalue weighted by atomic mass is 16.4. The number of carboxylic acids is 1. The van der Waals surface area contributed by atoms with E-state index in [1.807, 2.05) is 0 Å². The standard InChI is InChI=1S/C10H17NO2/c1-11-5-4-8(6-9(12)13)10(11)7-2-3-7/h7-8,10H,2-6H2,1H3,(H,12,13). The summed E-state index contributed by atoms with van der Waals surface area (Å²) in [6.45, 7) is 1.08. The normalized spacial score (nSPS) is 35.2. The Labute approximate surface area is 78.7 Å². The number of hydrogen-bond donors (Lipinski definition) is 1. The maximum atomic E-state index is 10.6. The highest BCUT2D eigenvalue weighted by Crippen LogP contribution is 2.43. The summed E-state index contributed by atoms with van der Waals surface area (Å²) in [5.74, 6) is 0.581. The lowest BCUT2D eigenvalue weighted by molar-refractivity contribution is -0.138. The summed E-state index contributed by atoms with van der Waals surface area (Å²) in [6, 6.07) is 0.566. The van der Waals surface area contributed by atoms with Crippen LogP contribution in [0.15, 0.2) is 0 Å². The van der Waals surface area contributed by atoms with Crippen molar-refractivity contribution in [3.05, 3.63) is 0 Å². The third kappa shape index (κ3) is 1.85. The summed E-state index contributed by atoms with van der Waals surface area (Å²) >= 11 is 0. The zero-order valence-corrected chi connectivity index (χ0v) is 8.07. The summed E-state index contributed by atoms with van der Waals surface area (Å²) in [6.07, 6.45) is 4.06. The van der Waals surface area contributed by atoms with Gasteiger partial charge in [-0.2, -0.15) is 0 Å². The van der Waals surface area contributed by atoms with Gasteiger partial charge in [0.05, 0.1) is 0 Å². The fraction of sp³-hybridized carbons (Fsp3) is 0.900. The lowest BCUT2D eigenvalue weighted by Crippen LogP contribution is -2.32. The van der Waals surface area contributed by atoms with Crippen LogP contribution in [0.1, 0.15) is 25.7 Å². The van der Waals surface area contributed by atoms with E-state index in [4.69, 9.17) is 5.11 Å². The van der Waals surface area contributed by atoms with Gasteiger partial charge in [0.2, 0.25) is 0 Å². The number of aliphatic carboxylic acids is 1. The van der Waals surface area contributed by atoms with Crippen molar-refractivity contribution in [2.24, 2.45) is 11.8 Å². The minimum absolute atomic E-state index is 0.367. The summed E-state index contributed by atoms with van der Waals surface area (Å²) < 4.78 is 0. The van der Waals surface area contributed by atoms with Gasteiger partial charge in [0.1, 0.15) is 0 Å². The van der Waals surface area contributed by atoms with E-state index >= 15 is 0 Å². The van der Waals surface area contributed by atoms with Crippen LogP contribution < -0.4 is 0 Å². The molecule has 0 spiro atoms. The molecule has 2 fully saturated rings. The van der Waals surface area contributed by atoms with Gasteiger partial charge in [-0.25, -0.2) is 0 Å². The van der Waals surface area contributed by atoms with Gasteiger partial charge in [-0.05, 0) is 44.7 Å². The van der Waals surface area contributed by atoms with Gasteiger partial charge in [-0.1, -0.05) is 0 Å². The van der Waals surface area contributed by atoms with E-state index in [1.54, 1.807) is 0 Å². The van der Waals surface area contributed by atoms with Crippen molar-refractivity contribution in [1.82, 2.24) is 4.90 Å². The van der Waals surface area contributed by atoms with Crippen molar-refractivity contribution in [2.75, 3.05) is 13.6 Å². The van der Waals surface area contributed by atoms with Gasteiger partial charge >= 0.3 is 5.97 Å². The van der Waals surface area contributed by atoms with Crippen molar-refractivity contribution in [2.45, 2.75) is 31.7 Å². The van der Waals surface area contributed by atoms with Crippen LogP contribution in [0.2, 0.25) is 0 Å². The maximum Gasteiger partial charge on any atom is 0.303 e. The van der Waals surface area contributed by atoms with E-state index in [-0.39, 0.29) is 0 Å². The summed E-state index contributed by atoms with van der Waals surface area (Å²) in [5.41, 5.74) is 0. The van der Waals surface area contributed by atoms with Gasteiger partial charge in [0, 0.05) is 12.5 Å². The van der Waals surface area contributed by atoms with Crippen LogP contribution in [0.3, 0.4) is 0 Å². The molecule has 1 heterocycles. The second-order valence-electron chi connectivity index (χ2n) is 4.46. The first kappa shape index (κ1) is 9.00. The maximum absolute atomic E-state index is 10.6. The van der Waals surface area contributed by atoms with Crippen molar-refractivity contribution in [3.63, 3.8) is 0 Å². The quantitative estimate of drug-likeness (QED) is 0.714. The molecule has 1 N–H and O–H groups in total. The van der Waals surface area contributed by atoms with Crippen LogP contribution in [-0.2, 0) is 4.79 Å². The Morgan fingerprint density at radius 2 is 2.15 bits per heavy atom. The van der Waals surface area contributed by atoms with Crippen LogP contribution in [0.4, 0.5) is 0 Å². The minimum Gasteiger partial charge on any atom is -0.481 e. The molecule has 0 aromatic rings. The molecule has 0 aromatic carbocycles. The largest absolute Gasteiger partial charge is 0.481 e. The van der Waals surface area contributed by atoms with Crippen LogP contribution >= 0.6 is 0 Å². The van der Waals surface area contributed by atoms with Gasteiger partial charge in [0.25, 0.3) is 0 Å². The number of hydrogen-bond acceptors (Lipinski definition) is 2. The number of carbonyl (C=O) groups is 1. The molecule has 74 valence electrons. The van der Waals surface area contributed by atoms with Gasteiger partial charge in [0.15, 0.2) is 0 Å². The fourth-order valence-corrected chi connectivity index (χ4v) is 2.68. The Kier molecular flexibility index (Phi) is 2.28. The first-order valence-corrected chi connectivity index (χ1v) is 5.10. The van der Waals surface area contributed by atoms with Crippen LogP contribution in [0.5, 0.6) is 0 Å². The predicted molar refractivity (Wildman–Crippen MR) is 49.5 cm³/mol. The molecule has 0 amide bonds. The summed E-state index contributed by atoms with van der Waals surface area (Å²) in [4.78, 5) is 13.0. The number of rotatable bonds is 3. The predicted octanol–water partition coefficient (Wildman–Crippen LogP) is 1.19. The molecule has 1 saturated heterocycles. The first-order chi connectivity index (χ1) is 6.18. The molecule has 1 aliphatic heterocycles. The fourth-order valence-electron chi connectivity index (χ4n) is 2.68. The smallest absolute Gasteiger partial charge is 0.303 e. The number of carboxylic acid groups (broad SMARTS) is 1. The molecule has 2 atom stereocenters. The second-order valence-corrected chi connectivity index (χ2v) is 4.46. The Hall–Kier alpha value is -0.570. The van der Waals surface area contributed by atoms with Gasteiger partial charge in [-0.15, -0.1) is 0 Å². The Bertz CT molecular complexity index is 213. The molecule has 3 nitrogen and oxygen atoms in total. The average Bonchev–Trinajstić information content (AvgIpc) is 2.79. The molecular weight excluding hydrogens is 166 g/mol. The van der Waals surface area contributed by atoms with Crippen LogP contribution in [-0.4, -0.2) is 35.6 Å². The zero-order valence-electron chi connectivity index (χ0n) is 8.07. The van der Waals surface area contributed by atoms with Gasteiger partial charge < -0.3 is 10.0 Å². The first-order valence-electron chi connectivity index (χ1n) is 5.10. The lowest BCUT2D eigenvalue weighted by Gasteiger charge is -2.23. The molecule has 1 aliphatic carbocycles. The molecule has 1 saturated carbocycles. The minimum atomic E-state index is -0.633. The molecule has 2 unspecified atom stereocenters. The Morgan fingerprint density at radius 3 is 2.69 bits per heavy atom. The molecule has 3 heteroatoms. The highest BCUT2D eigenvalue weighted by molar-refractivity contribution is 5.67. The SMILES string of the molecule is CN1CCC(CC(=O)O)C1C1CC1. The van der Waals surface area contributed by atoms with Crippen molar-refractivity contribution >= 4 is 5.97 Å². The van der Waals surface area contributed by atoms with E-state index in [9.17, 15) is 4.79 Å². The molecule has 0 aromatic heterocycles. The van der Waals surface area contributed by atoms with Crippen LogP contribution in [0.25, 0.3) is 0 Å². The van der Waals surface area contributed by atoms with E-state index < -0.39 is 5.97 Å². The molecule has 2 rings (SSSR count). The monoisotopic (exact) mass is 183 g/mol. The third-order valence-corrected chi connectivity index (χ3v) is 3.39. The Balaban J connectivity index is 1.97. The zero-order chi connectivity index (χ0) is 9.42. The summed E-state index contributed by atoms with van der Waals surface area (Å²) in [7, 11) is 2.13. The van der Waals surface area contributed by atoms with Gasteiger partial charge in [-0.3, -0.25) is 4.79 Å². The number of nitrogens with zero attached hydrogens (tertiary/aromatic N) is 1. The Morgan fingerprint density at radius 1 is 1.46 bits per heavy atom. The molecule has 0 radical (unpaired) electrons. The van der Waals surface area contributed by atoms with Crippen molar-refractivity contribution < 1.29 is 9.90 Å². The van der Waals surface area contributed by atoms with E-state index in [0.29, 0.717) is 18.4 Å². The lowest BCUT2D eigenvalue weighted by atomic mass is 9.93. The van der Waals surface area contributed by atoms with Crippen molar-refractivity contribution in [3.8, 4) is 0 Å². The highest BCUT2D eigenvalue weighted by Gasteiger charge is 2.42. The molecule has 0 bridgehead atoms. The topological polar surface area (TPSA) is 40.5 Å².